The van der Waals surface area contributed by atoms with E-state index >= 15 is 0 Å². The topological polar surface area (TPSA) is 3.24 Å². The number of hydrogen-bond donors (Lipinski definition) is 0. The van der Waals surface area contributed by atoms with E-state index in [2.05, 4.69) is 169 Å². The van der Waals surface area contributed by atoms with E-state index in [4.69, 9.17) is 0 Å². The lowest BCUT2D eigenvalue weighted by molar-refractivity contribution is 0.794. The average Bonchev–Trinajstić information content (AvgIpc) is 3.53. The summed E-state index contributed by atoms with van der Waals surface area (Å²) in [4.78, 5) is 2.42. The zero-order chi connectivity index (χ0) is 27.7. The molecule has 7 aromatic rings. The SMILES string of the molecule is c1ccc(N(c2ccccc2)c2cc3c(c4ccccc24)-c2ccccc2C32c3ccccc3-c3ccccc32)cc1. The normalized spacial score (nSPS) is 13.4. The van der Waals surface area contributed by atoms with Crippen molar-refractivity contribution in [2.24, 2.45) is 0 Å². The van der Waals surface area contributed by atoms with Gasteiger partial charge in [0.2, 0.25) is 0 Å². The third-order valence-corrected chi connectivity index (χ3v) is 9.25. The molecule has 1 spiro atoms. The van der Waals surface area contributed by atoms with Gasteiger partial charge in [0.05, 0.1) is 11.1 Å². The van der Waals surface area contributed by atoms with Crippen LogP contribution in [-0.2, 0) is 5.41 Å². The Morgan fingerprint density at radius 1 is 0.357 bits per heavy atom. The Bertz CT molecular complexity index is 2060. The largest absolute Gasteiger partial charge is 0.310 e. The van der Waals surface area contributed by atoms with Gasteiger partial charge in [-0.05, 0) is 80.2 Å². The van der Waals surface area contributed by atoms with Gasteiger partial charge in [-0.3, -0.25) is 0 Å². The summed E-state index contributed by atoms with van der Waals surface area (Å²) < 4.78 is 0. The Hall–Kier alpha value is -5.40. The molecule has 1 nitrogen and oxygen atoms in total. The second kappa shape index (κ2) is 8.80. The molecule has 0 saturated heterocycles. The van der Waals surface area contributed by atoms with Gasteiger partial charge in [0.1, 0.15) is 0 Å². The highest BCUT2D eigenvalue weighted by Gasteiger charge is 2.52. The van der Waals surface area contributed by atoms with Crippen molar-refractivity contribution in [1.29, 1.82) is 0 Å². The molecular formula is C41H27N. The summed E-state index contributed by atoms with van der Waals surface area (Å²) in [6, 6.07) is 60.1. The molecule has 0 amide bonds. The Balaban J connectivity index is 1.47. The maximum atomic E-state index is 2.50. The summed E-state index contributed by atoms with van der Waals surface area (Å²) in [6.45, 7) is 0. The highest BCUT2D eigenvalue weighted by atomic mass is 15.1. The molecule has 0 saturated carbocycles. The van der Waals surface area contributed by atoms with E-state index < -0.39 is 5.41 Å². The van der Waals surface area contributed by atoms with Crippen LogP contribution in [0, 0.1) is 0 Å². The minimum Gasteiger partial charge on any atom is -0.310 e. The summed E-state index contributed by atoms with van der Waals surface area (Å²) >= 11 is 0. The van der Waals surface area contributed by atoms with Crippen LogP contribution in [-0.4, -0.2) is 0 Å². The molecule has 7 aromatic carbocycles. The minimum atomic E-state index is -0.392. The standard InChI is InChI=1S/C41H27N/c1-3-15-28(16-4-1)42(29-17-5-2-6-18-29)39-27-38-40(33-22-8-7-21-32(33)39)34-23-11-14-26-37(34)41(38)35-24-12-9-19-30(35)31-20-10-13-25-36(31)41/h1-27H. The fourth-order valence-corrected chi connectivity index (χ4v) is 7.70. The predicted molar refractivity (Wildman–Crippen MR) is 175 cm³/mol. The van der Waals surface area contributed by atoms with Crippen LogP contribution in [0.3, 0.4) is 0 Å². The molecule has 0 bridgehead atoms. The van der Waals surface area contributed by atoms with Gasteiger partial charge in [0.25, 0.3) is 0 Å². The highest BCUT2D eigenvalue weighted by molar-refractivity contribution is 6.12. The molecule has 0 heterocycles. The number of benzene rings is 7. The summed E-state index contributed by atoms with van der Waals surface area (Å²) in [7, 11) is 0. The molecule has 0 atom stereocenters. The van der Waals surface area contributed by atoms with E-state index in [0.717, 1.165) is 11.4 Å². The molecule has 2 aliphatic rings. The Labute approximate surface area is 246 Å². The molecule has 42 heavy (non-hydrogen) atoms. The van der Waals surface area contributed by atoms with Crippen LogP contribution in [0.1, 0.15) is 22.3 Å². The highest BCUT2D eigenvalue weighted by Crippen LogP contribution is 2.64. The van der Waals surface area contributed by atoms with Crippen molar-refractivity contribution in [2.45, 2.75) is 5.41 Å². The van der Waals surface area contributed by atoms with Gasteiger partial charge in [-0.1, -0.05) is 133 Å². The maximum absolute atomic E-state index is 2.50. The van der Waals surface area contributed by atoms with E-state index in [-0.39, 0.29) is 0 Å². The Morgan fingerprint density at radius 2 is 0.786 bits per heavy atom. The van der Waals surface area contributed by atoms with Crippen molar-refractivity contribution in [3.05, 3.63) is 186 Å². The number of nitrogens with zero attached hydrogens (tertiary/aromatic N) is 1. The van der Waals surface area contributed by atoms with Crippen molar-refractivity contribution in [1.82, 2.24) is 0 Å². The van der Waals surface area contributed by atoms with Crippen LogP contribution < -0.4 is 4.90 Å². The van der Waals surface area contributed by atoms with Crippen molar-refractivity contribution < 1.29 is 0 Å². The molecule has 196 valence electrons. The summed E-state index contributed by atoms with van der Waals surface area (Å²) in [5.74, 6) is 0. The lowest BCUT2D eigenvalue weighted by Crippen LogP contribution is -2.26. The Morgan fingerprint density at radius 3 is 1.36 bits per heavy atom. The molecule has 0 aromatic heterocycles. The van der Waals surface area contributed by atoms with Crippen LogP contribution in [0.4, 0.5) is 17.1 Å². The first-order valence-corrected chi connectivity index (χ1v) is 14.6. The third kappa shape index (κ3) is 2.97. The van der Waals surface area contributed by atoms with Crippen LogP contribution in [0.15, 0.2) is 164 Å². The van der Waals surface area contributed by atoms with Gasteiger partial charge in [0, 0.05) is 16.8 Å². The number of anilines is 3. The fraction of sp³-hybridized carbons (Fsp3) is 0.0244. The molecule has 2 aliphatic carbocycles. The van der Waals surface area contributed by atoms with E-state index in [9.17, 15) is 0 Å². The molecule has 0 fully saturated rings. The predicted octanol–water partition coefficient (Wildman–Crippen LogP) is 10.7. The second-order valence-electron chi connectivity index (χ2n) is 11.3. The summed E-state index contributed by atoms with van der Waals surface area (Å²) in [5.41, 5.74) is 13.9. The van der Waals surface area contributed by atoms with Crippen molar-refractivity contribution in [2.75, 3.05) is 4.90 Å². The number of fused-ring (bicyclic) bond motifs is 12. The third-order valence-electron chi connectivity index (χ3n) is 9.25. The molecule has 1 heteroatoms. The monoisotopic (exact) mass is 533 g/mol. The first-order valence-electron chi connectivity index (χ1n) is 14.6. The number of para-hydroxylation sites is 2. The van der Waals surface area contributed by atoms with Crippen molar-refractivity contribution >= 4 is 27.8 Å². The number of rotatable bonds is 3. The van der Waals surface area contributed by atoms with Gasteiger partial charge in [-0.25, -0.2) is 0 Å². The van der Waals surface area contributed by atoms with E-state index in [0.29, 0.717) is 0 Å². The first-order chi connectivity index (χ1) is 20.9. The van der Waals surface area contributed by atoms with Crippen molar-refractivity contribution in [3.8, 4) is 22.3 Å². The second-order valence-corrected chi connectivity index (χ2v) is 11.3. The van der Waals surface area contributed by atoms with E-state index in [1.54, 1.807) is 0 Å². The first kappa shape index (κ1) is 23.3. The van der Waals surface area contributed by atoms with Gasteiger partial charge in [0.15, 0.2) is 0 Å². The zero-order valence-electron chi connectivity index (χ0n) is 23.0. The quantitative estimate of drug-likeness (QED) is 0.218. The van der Waals surface area contributed by atoms with Gasteiger partial charge in [-0.2, -0.15) is 0 Å². The molecule has 0 unspecified atom stereocenters. The molecule has 0 aliphatic heterocycles. The summed E-state index contributed by atoms with van der Waals surface area (Å²) in [6.07, 6.45) is 0. The molecule has 0 radical (unpaired) electrons. The molecular weight excluding hydrogens is 506 g/mol. The van der Waals surface area contributed by atoms with E-state index in [1.165, 1.54) is 61.0 Å². The zero-order valence-corrected chi connectivity index (χ0v) is 23.0. The minimum absolute atomic E-state index is 0.392. The van der Waals surface area contributed by atoms with Crippen LogP contribution in [0.25, 0.3) is 33.0 Å². The fourth-order valence-electron chi connectivity index (χ4n) is 7.70. The van der Waals surface area contributed by atoms with Crippen molar-refractivity contribution in [3.63, 3.8) is 0 Å². The lowest BCUT2D eigenvalue weighted by Gasteiger charge is -2.33. The maximum Gasteiger partial charge on any atom is 0.0726 e. The van der Waals surface area contributed by atoms with Crippen LogP contribution >= 0.6 is 0 Å². The van der Waals surface area contributed by atoms with Gasteiger partial charge in [-0.15, -0.1) is 0 Å². The molecule has 0 N–H and O–H groups in total. The number of hydrogen-bond acceptors (Lipinski definition) is 1. The van der Waals surface area contributed by atoms with Crippen LogP contribution in [0.5, 0.6) is 0 Å². The summed E-state index contributed by atoms with van der Waals surface area (Å²) in [5, 5.41) is 2.53. The van der Waals surface area contributed by atoms with Gasteiger partial charge >= 0.3 is 0 Å². The van der Waals surface area contributed by atoms with Gasteiger partial charge < -0.3 is 4.90 Å². The average molecular weight is 534 g/mol. The smallest absolute Gasteiger partial charge is 0.0726 e. The van der Waals surface area contributed by atoms with Crippen LogP contribution in [0.2, 0.25) is 0 Å². The van der Waals surface area contributed by atoms with E-state index in [1.807, 2.05) is 0 Å². The lowest BCUT2D eigenvalue weighted by atomic mass is 9.70. The Kier molecular flexibility index (Phi) is 4.88. The molecule has 9 rings (SSSR count).